The summed E-state index contributed by atoms with van der Waals surface area (Å²) in [5.41, 5.74) is -0.585. The minimum absolute atomic E-state index is 0.0669. The number of esters is 1. The second kappa shape index (κ2) is 11.5. The quantitative estimate of drug-likeness (QED) is 0.196. The largest absolute Gasteiger partial charge is 0.464 e. The Morgan fingerprint density at radius 3 is 2.36 bits per heavy atom. The highest BCUT2D eigenvalue weighted by atomic mass is 19.4. The summed E-state index contributed by atoms with van der Waals surface area (Å²) in [6.45, 7) is 5.81. The number of alkyl halides is 3. The molecule has 1 saturated heterocycles. The lowest BCUT2D eigenvalue weighted by Gasteiger charge is -2.32. The van der Waals surface area contributed by atoms with Crippen LogP contribution in [0.2, 0.25) is 0 Å². The lowest BCUT2D eigenvalue weighted by molar-refractivity contribution is -0.144. The topological polar surface area (TPSA) is 101 Å². The van der Waals surface area contributed by atoms with Crippen molar-refractivity contribution >= 4 is 39.6 Å². The summed E-state index contributed by atoms with van der Waals surface area (Å²) in [4.78, 5) is 43.8. The number of pyridine rings is 1. The van der Waals surface area contributed by atoms with Crippen molar-refractivity contribution < 1.29 is 22.7 Å². The maximum absolute atomic E-state index is 13.5. The van der Waals surface area contributed by atoms with E-state index in [1.54, 1.807) is 55.5 Å². The fraction of sp³-hybridized carbons (Fsp3) is 0.355. The van der Waals surface area contributed by atoms with Crippen molar-refractivity contribution in [3.63, 3.8) is 0 Å². The van der Waals surface area contributed by atoms with Gasteiger partial charge in [-0.1, -0.05) is 36.4 Å². The van der Waals surface area contributed by atoms with Crippen molar-refractivity contribution in [3.8, 4) is 0 Å². The highest BCUT2D eigenvalue weighted by molar-refractivity contribution is 5.93. The Bertz CT molecular complexity index is 1670. The van der Waals surface area contributed by atoms with E-state index >= 15 is 0 Å². The molecule has 3 atom stereocenters. The van der Waals surface area contributed by atoms with Crippen LogP contribution in [0.5, 0.6) is 0 Å². The lowest BCUT2D eigenvalue weighted by atomic mass is 10.0. The van der Waals surface area contributed by atoms with E-state index in [1.165, 1.54) is 0 Å². The molecule has 2 heterocycles. The minimum Gasteiger partial charge on any atom is -0.464 e. The van der Waals surface area contributed by atoms with Crippen LogP contribution in [0, 0.1) is 0 Å². The van der Waals surface area contributed by atoms with E-state index in [0.29, 0.717) is 27.7 Å². The van der Waals surface area contributed by atoms with Gasteiger partial charge in [-0.05, 0) is 62.8 Å². The van der Waals surface area contributed by atoms with Crippen LogP contribution in [0.15, 0.2) is 64.2 Å². The number of nitrogens with one attached hydrogen (secondary N) is 2. The fourth-order valence-electron chi connectivity index (χ4n) is 5.54. The molecule has 0 saturated carbocycles. The third kappa shape index (κ3) is 5.68. The van der Waals surface area contributed by atoms with E-state index in [9.17, 15) is 27.6 Å². The van der Waals surface area contributed by atoms with Gasteiger partial charge in [0.05, 0.1) is 6.61 Å². The van der Waals surface area contributed by atoms with Gasteiger partial charge in [0.25, 0.3) is 10.9 Å². The third-order valence-corrected chi connectivity index (χ3v) is 7.67. The molecular formula is C31H31F3N4O4. The monoisotopic (exact) mass is 580 g/mol. The number of hydrogen-bond donors (Lipinski definition) is 2. The van der Waals surface area contributed by atoms with Gasteiger partial charge in [-0.15, -0.1) is 0 Å². The van der Waals surface area contributed by atoms with Gasteiger partial charge in [0.2, 0.25) is 0 Å². The molecule has 2 N–H and O–H groups in total. The molecule has 0 aliphatic carbocycles. The van der Waals surface area contributed by atoms with Crippen molar-refractivity contribution in [2.45, 2.75) is 64.3 Å². The number of hydrogen-bond acceptors (Lipinski definition) is 8. The first kappa shape index (κ1) is 29.1. The molecule has 0 unspecified atom stereocenters. The van der Waals surface area contributed by atoms with Crippen molar-refractivity contribution in [1.29, 1.82) is 0 Å². The molecule has 11 heteroatoms. The van der Waals surface area contributed by atoms with Crippen molar-refractivity contribution in [3.05, 3.63) is 86.3 Å². The SMILES string of the molecule is CCOC(=O)[C@H](Cc1ccc(Nc2nc(C(F)(F)F)cc3ccccc23)cc1)Nc1c(N2[C@H](C)CC[C@@H]2C)c(=O)c1=O. The second-order valence-electron chi connectivity index (χ2n) is 10.6. The average Bonchev–Trinajstić information content (AvgIpc) is 3.29. The van der Waals surface area contributed by atoms with E-state index in [1.807, 2.05) is 18.7 Å². The highest BCUT2D eigenvalue weighted by Gasteiger charge is 2.37. The molecular weight excluding hydrogens is 549 g/mol. The van der Waals surface area contributed by atoms with Gasteiger partial charge in [0, 0.05) is 29.6 Å². The summed E-state index contributed by atoms with van der Waals surface area (Å²) in [6.07, 6.45) is -2.67. The van der Waals surface area contributed by atoms with Crippen LogP contribution >= 0.6 is 0 Å². The van der Waals surface area contributed by atoms with Crippen molar-refractivity contribution in [2.75, 3.05) is 22.1 Å². The number of ether oxygens (including phenoxy) is 1. The Kier molecular flexibility index (Phi) is 7.94. The predicted molar refractivity (Wildman–Crippen MR) is 156 cm³/mol. The van der Waals surface area contributed by atoms with Gasteiger partial charge in [-0.25, -0.2) is 9.78 Å². The van der Waals surface area contributed by atoms with Crippen LogP contribution in [-0.2, 0) is 22.1 Å². The molecule has 4 aromatic rings. The number of nitrogens with zero attached hydrogens (tertiary/aromatic N) is 2. The van der Waals surface area contributed by atoms with Crippen LogP contribution in [0.1, 0.15) is 44.9 Å². The summed E-state index contributed by atoms with van der Waals surface area (Å²) in [5.74, 6) is -0.502. The zero-order valence-electron chi connectivity index (χ0n) is 23.4. The first-order chi connectivity index (χ1) is 20.0. The number of anilines is 4. The van der Waals surface area contributed by atoms with E-state index in [4.69, 9.17) is 4.74 Å². The number of carbonyl (C=O) groups is 1. The maximum Gasteiger partial charge on any atom is 0.433 e. The Morgan fingerprint density at radius 2 is 1.71 bits per heavy atom. The molecule has 0 amide bonds. The minimum atomic E-state index is -4.61. The molecule has 1 aliphatic heterocycles. The van der Waals surface area contributed by atoms with Crippen LogP contribution in [-0.4, -0.2) is 35.7 Å². The number of benzene rings is 2. The van der Waals surface area contributed by atoms with E-state index in [-0.39, 0.29) is 36.6 Å². The normalized spacial score (nSPS) is 17.9. The highest BCUT2D eigenvalue weighted by Crippen LogP contribution is 2.35. The summed E-state index contributed by atoms with van der Waals surface area (Å²) in [5, 5.41) is 6.90. The number of fused-ring (bicyclic) bond motifs is 1. The Balaban J connectivity index is 1.38. The first-order valence-electron chi connectivity index (χ1n) is 13.9. The molecule has 1 aliphatic rings. The van der Waals surface area contributed by atoms with Crippen LogP contribution in [0.4, 0.5) is 36.1 Å². The van der Waals surface area contributed by atoms with Crippen molar-refractivity contribution in [2.24, 2.45) is 0 Å². The van der Waals surface area contributed by atoms with Gasteiger partial charge < -0.3 is 20.3 Å². The van der Waals surface area contributed by atoms with Crippen LogP contribution in [0.25, 0.3) is 10.8 Å². The van der Waals surface area contributed by atoms with Gasteiger partial charge in [0.1, 0.15) is 28.9 Å². The molecule has 8 nitrogen and oxygen atoms in total. The zero-order chi connectivity index (χ0) is 30.2. The number of carbonyl (C=O) groups excluding carboxylic acids is 1. The smallest absolute Gasteiger partial charge is 0.433 e. The van der Waals surface area contributed by atoms with Crippen molar-refractivity contribution in [1.82, 2.24) is 4.98 Å². The van der Waals surface area contributed by atoms with E-state index < -0.39 is 34.7 Å². The summed E-state index contributed by atoms with van der Waals surface area (Å²) in [6, 6.07) is 13.7. The second-order valence-corrected chi connectivity index (χ2v) is 10.6. The third-order valence-electron chi connectivity index (χ3n) is 7.67. The summed E-state index contributed by atoms with van der Waals surface area (Å²) in [7, 11) is 0. The number of rotatable bonds is 9. The molecule has 0 radical (unpaired) electrons. The molecule has 42 heavy (non-hydrogen) atoms. The standard InChI is InChI=1S/C31H31F3N4O4/c1-4-42-30(41)23(36-25-26(28(40)27(25)39)38-17(2)9-10-18(38)3)15-19-11-13-21(14-12-19)35-29-22-8-6-5-7-20(22)16-24(37-29)31(32,33)34/h5-8,11-14,16-18,23,36H,4,9-10,15H2,1-3H3,(H,35,37)/t17-,18+,23-/m0/s1. The van der Waals surface area contributed by atoms with Gasteiger partial charge in [0.15, 0.2) is 0 Å². The Hall–Kier alpha value is -4.41. The number of halogens is 3. The van der Waals surface area contributed by atoms with E-state index in [2.05, 4.69) is 15.6 Å². The van der Waals surface area contributed by atoms with Gasteiger partial charge in [-0.3, -0.25) is 9.59 Å². The summed E-state index contributed by atoms with van der Waals surface area (Å²) < 4.78 is 45.6. The van der Waals surface area contributed by atoms with Gasteiger partial charge >= 0.3 is 12.1 Å². The molecule has 0 bridgehead atoms. The van der Waals surface area contributed by atoms with E-state index in [0.717, 1.165) is 18.9 Å². The maximum atomic E-state index is 13.5. The average molecular weight is 581 g/mol. The predicted octanol–water partition coefficient (Wildman–Crippen LogP) is 5.56. The summed E-state index contributed by atoms with van der Waals surface area (Å²) >= 11 is 0. The number of aromatic nitrogens is 1. The molecule has 0 spiro atoms. The Labute approximate surface area is 240 Å². The Morgan fingerprint density at radius 1 is 1.05 bits per heavy atom. The molecule has 5 rings (SSSR count). The van der Waals surface area contributed by atoms with Crippen LogP contribution < -0.4 is 26.4 Å². The van der Waals surface area contributed by atoms with Crippen LogP contribution in [0.3, 0.4) is 0 Å². The lowest BCUT2D eigenvalue weighted by Crippen LogP contribution is -2.48. The molecule has 1 fully saturated rings. The van der Waals surface area contributed by atoms with Gasteiger partial charge in [-0.2, -0.15) is 13.2 Å². The first-order valence-corrected chi connectivity index (χ1v) is 13.9. The zero-order valence-corrected chi connectivity index (χ0v) is 23.4. The molecule has 1 aromatic heterocycles. The fourth-order valence-corrected chi connectivity index (χ4v) is 5.54. The molecule has 3 aromatic carbocycles. The molecule has 220 valence electrons.